The van der Waals surface area contributed by atoms with Crippen molar-refractivity contribution in [3.8, 4) is 11.5 Å². The zero-order valence-corrected chi connectivity index (χ0v) is 17.1. The molecule has 11 nitrogen and oxygen atoms in total. The van der Waals surface area contributed by atoms with Gasteiger partial charge in [0.15, 0.2) is 5.75 Å². The minimum Gasteiger partial charge on any atom is -0.493 e. The summed E-state index contributed by atoms with van der Waals surface area (Å²) in [5.41, 5.74) is 3.23. The first-order valence-electron chi connectivity index (χ1n) is 9.40. The van der Waals surface area contributed by atoms with Crippen LogP contribution < -0.4 is 20.5 Å². The molecule has 30 heavy (non-hydrogen) atoms. The molecule has 0 aliphatic carbocycles. The van der Waals surface area contributed by atoms with E-state index >= 15 is 0 Å². The van der Waals surface area contributed by atoms with E-state index < -0.39 is 4.92 Å². The number of hydrogen-bond acceptors (Lipinski definition) is 9. The van der Waals surface area contributed by atoms with Crippen LogP contribution in [0.15, 0.2) is 22.0 Å². The van der Waals surface area contributed by atoms with Crippen molar-refractivity contribution in [2.75, 3.05) is 25.7 Å². The third-order valence-electron chi connectivity index (χ3n) is 4.19. The van der Waals surface area contributed by atoms with Crippen LogP contribution in [0.2, 0.25) is 0 Å². The molecule has 1 aromatic carbocycles. The highest BCUT2D eigenvalue weighted by atomic mass is 16.6. The Labute approximate surface area is 172 Å². The number of aryl methyl sites for hydroxylation is 1. The number of hydrogen-bond donors (Lipinski definition) is 3. The van der Waals surface area contributed by atoms with Crippen LogP contribution in [0, 0.1) is 17.0 Å². The second-order valence-electron chi connectivity index (χ2n) is 6.35. The number of nitrogens with zero attached hydrogens (tertiary/aromatic N) is 3. The van der Waals surface area contributed by atoms with Crippen LogP contribution in [0.1, 0.15) is 36.6 Å². The lowest BCUT2D eigenvalue weighted by Crippen LogP contribution is -2.19. The van der Waals surface area contributed by atoms with Gasteiger partial charge in [0.05, 0.1) is 30.5 Å². The third kappa shape index (κ3) is 5.77. The Morgan fingerprint density at radius 1 is 1.43 bits per heavy atom. The van der Waals surface area contributed by atoms with Crippen LogP contribution in [-0.2, 0) is 6.42 Å². The molecular weight excluding hydrogens is 394 g/mol. The van der Waals surface area contributed by atoms with Crippen LogP contribution >= 0.6 is 0 Å². The molecule has 2 rings (SSSR count). The molecule has 0 bridgehead atoms. The first kappa shape index (κ1) is 22.8. The Morgan fingerprint density at radius 3 is 2.80 bits per heavy atom. The Kier molecular flexibility index (Phi) is 8.29. The molecule has 0 fully saturated rings. The van der Waals surface area contributed by atoms with E-state index in [4.69, 9.17) is 14.6 Å². The molecule has 0 saturated carbocycles. The molecule has 1 heterocycles. The standard InChI is InChI=1S/C19H25N5O6/c1-4-5-8-30-17-15(24(27)28)9-13(10-16(17)29-3)11-20-23-19-21-12(2)14(6-7-25)18(26)22-19/h9-11,25H,4-8H2,1-3H3,(H2,21,22,23,26)/b20-11-. The molecule has 0 atom stereocenters. The number of unbranched alkanes of at least 4 members (excludes halogenated alkanes) is 1. The molecule has 0 amide bonds. The van der Waals surface area contributed by atoms with Crippen molar-refractivity contribution in [3.05, 3.63) is 49.4 Å². The van der Waals surface area contributed by atoms with Gasteiger partial charge in [-0.2, -0.15) is 5.10 Å². The maximum atomic E-state index is 12.0. The monoisotopic (exact) mass is 419 g/mol. The zero-order chi connectivity index (χ0) is 22.1. The number of ether oxygens (including phenoxy) is 2. The fraction of sp³-hybridized carbons (Fsp3) is 0.421. The Bertz CT molecular complexity index is 973. The summed E-state index contributed by atoms with van der Waals surface area (Å²) < 4.78 is 10.8. The molecule has 0 radical (unpaired) electrons. The van der Waals surface area contributed by atoms with E-state index in [0.29, 0.717) is 23.4 Å². The third-order valence-corrected chi connectivity index (χ3v) is 4.19. The molecule has 0 aliphatic heterocycles. The highest BCUT2D eigenvalue weighted by molar-refractivity contribution is 5.83. The average Bonchev–Trinajstić information content (AvgIpc) is 2.71. The summed E-state index contributed by atoms with van der Waals surface area (Å²) >= 11 is 0. The van der Waals surface area contributed by atoms with Gasteiger partial charge in [-0.3, -0.25) is 19.9 Å². The fourth-order valence-electron chi connectivity index (χ4n) is 2.67. The van der Waals surface area contributed by atoms with E-state index in [-0.39, 0.29) is 41.7 Å². The number of nitro benzene ring substituents is 1. The molecule has 3 N–H and O–H groups in total. The Balaban J connectivity index is 2.25. The van der Waals surface area contributed by atoms with Gasteiger partial charge in [0.1, 0.15) is 0 Å². The van der Waals surface area contributed by atoms with Crippen LogP contribution in [0.3, 0.4) is 0 Å². The molecule has 0 spiro atoms. The van der Waals surface area contributed by atoms with Gasteiger partial charge < -0.3 is 14.6 Å². The maximum Gasteiger partial charge on any atom is 0.315 e. The van der Waals surface area contributed by atoms with E-state index in [9.17, 15) is 14.9 Å². The van der Waals surface area contributed by atoms with Crippen molar-refractivity contribution in [3.63, 3.8) is 0 Å². The van der Waals surface area contributed by atoms with Crippen molar-refractivity contribution in [1.82, 2.24) is 9.97 Å². The van der Waals surface area contributed by atoms with E-state index in [1.165, 1.54) is 19.4 Å². The lowest BCUT2D eigenvalue weighted by Gasteiger charge is -2.11. The van der Waals surface area contributed by atoms with Gasteiger partial charge in [-0.25, -0.2) is 10.4 Å². The molecule has 162 valence electrons. The van der Waals surface area contributed by atoms with Gasteiger partial charge in [-0.15, -0.1) is 0 Å². The lowest BCUT2D eigenvalue weighted by molar-refractivity contribution is -0.386. The van der Waals surface area contributed by atoms with Gasteiger partial charge in [-0.1, -0.05) is 13.3 Å². The van der Waals surface area contributed by atoms with Gasteiger partial charge in [-0.05, 0) is 19.4 Å². The number of aromatic nitrogens is 2. The summed E-state index contributed by atoms with van der Waals surface area (Å²) in [6, 6.07) is 2.88. The Morgan fingerprint density at radius 2 is 2.20 bits per heavy atom. The summed E-state index contributed by atoms with van der Waals surface area (Å²) in [5.74, 6) is 0.399. The van der Waals surface area contributed by atoms with E-state index in [0.717, 1.165) is 12.8 Å². The topological polar surface area (TPSA) is 152 Å². The van der Waals surface area contributed by atoms with Crippen LogP contribution in [-0.4, -0.2) is 46.5 Å². The molecule has 0 aliphatic rings. The number of methoxy groups -OCH3 is 1. The lowest BCUT2D eigenvalue weighted by atomic mass is 10.2. The molecule has 11 heteroatoms. The van der Waals surface area contributed by atoms with Crippen molar-refractivity contribution < 1.29 is 19.5 Å². The summed E-state index contributed by atoms with van der Waals surface area (Å²) in [6.07, 6.45) is 3.19. The molecule has 0 unspecified atom stereocenters. The highest BCUT2D eigenvalue weighted by Gasteiger charge is 2.22. The van der Waals surface area contributed by atoms with Gasteiger partial charge >= 0.3 is 5.69 Å². The molecule has 2 aromatic rings. The Hall–Kier alpha value is -3.47. The van der Waals surface area contributed by atoms with E-state index in [1.807, 2.05) is 6.92 Å². The second kappa shape index (κ2) is 10.9. The summed E-state index contributed by atoms with van der Waals surface area (Å²) in [6.45, 7) is 3.83. The number of hydrazone groups is 1. The molecule has 1 aromatic heterocycles. The van der Waals surface area contributed by atoms with Gasteiger partial charge in [0, 0.05) is 30.2 Å². The minimum atomic E-state index is -0.545. The van der Waals surface area contributed by atoms with Crippen LogP contribution in [0.25, 0.3) is 0 Å². The smallest absolute Gasteiger partial charge is 0.315 e. The number of benzene rings is 1. The van der Waals surface area contributed by atoms with Crippen molar-refractivity contribution in [2.24, 2.45) is 5.10 Å². The van der Waals surface area contributed by atoms with Gasteiger partial charge in [0.2, 0.25) is 11.7 Å². The predicted octanol–water partition coefficient (Wildman–Crippen LogP) is 2.15. The number of aliphatic hydroxyl groups excluding tert-OH is 1. The zero-order valence-electron chi connectivity index (χ0n) is 17.1. The molecule has 0 saturated heterocycles. The SMILES string of the molecule is CCCCOc1c(OC)cc(/C=N\Nc2nc(C)c(CCO)c(=O)[nH]2)cc1[N+](=O)[O-]. The maximum absolute atomic E-state index is 12.0. The highest BCUT2D eigenvalue weighted by Crippen LogP contribution is 2.38. The average molecular weight is 419 g/mol. The first-order chi connectivity index (χ1) is 14.4. The predicted molar refractivity (Wildman–Crippen MR) is 112 cm³/mol. The van der Waals surface area contributed by atoms with Crippen molar-refractivity contribution >= 4 is 17.9 Å². The van der Waals surface area contributed by atoms with Crippen LogP contribution in [0.5, 0.6) is 11.5 Å². The number of nitro groups is 1. The summed E-state index contributed by atoms with van der Waals surface area (Å²) in [5, 5.41) is 24.4. The largest absolute Gasteiger partial charge is 0.493 e. The fourth-order valence-corrected chi connectivity index (χ4v) is 2.67. The number of nitrogens with one attached hydrogen (secondary N) is 2. The van der Waals surface area contributed by atoms with E-state index in [2.05, 4.69) is 20.5 Å². The minimum absolute atomic E-state index is 0.0714. The van der Waals surface area contributed by atoms with E-state index in [1.54, 1.807) is 13.0 Å². The summed E-state index contributed by atoms with van der Waals surface area (Å²) in [4.78, 5) is 29.7. The first-order valence-corrected chi connectivity index (χ1v) is 9.40. The molecular formula is C19H25N5O6. The second-order valence-corrected chi connectivity index (χ2v) is 6.35. The number of anilines is 1. The number of aromatic amines is 1. The van der Waals surface area contributed by atoms with Crippen molar-refractivity contribution in [1.29, 1.82) is 0 Å². The normalized spacial score (nSPS) is 10.9. The van der Waals surface area contributed by atoms with Crippen molar-refractivity contribution in [2.45, 2.75) is 33.1 Å². The number of H-pyrrole nitrogens is 1. The quantitative estimate of drug-likeness (QED) is 0.217. The number of rotatable bonds is 11. The number of aliphatic hydroxyl groups is 1. The van der Waals surface area contributed by atoms with Gasteiger partial charge in [0.25, 0.3) is 5.56 Å². The van der Waals surface area contributed by atoms with Crippen LogP contribution in [0.4, 0.5) is 11.6 Å². The summed E-state index contributed by atoms with van der Waals surface area (Å²) in [7, 11) is 1.40.